The fourth-order valence-corrected chi connectivity index (χ4v) is 5.41. The van der Waals surface area contributed by atoms with Crippen molar-refractivity contribution in [3.05, 3.63) is 107 Å². The van der Waals surface area contributed by atoms with Gasteiger partial charge in [-0.25, -0.2) is 4.98 Å². The number of hydrogen-bond donors (Lipinski definition) is 1. The van der Waals surface area contributed by atoms with Gasteiger partial charge in [-0.05, 0) is 84.4 Å². The van der Waals surface area contributed by atoms with Crippen LogP contribution in [-0.2, 0) is 6.54 Å². The Morgan fingerprint density at radius 2 is 1.61 bits per heavy atom. The monoisotopic (exact) mass is 608 g/mol. The topological polar surface area (TPSA) is 118 Å². The molecule has 0 radical (unpaired) electrons. The summed E-state index contributed by atoms with van der Waals surface area (Å²) in [7, 11) is 3.12. The van der Waals surface area contributed by atoms with E-state index >= 15 is 0 Å². The molecular weight excluding hydrogens is 576 g/mol. The second-order valence-corrected chi connectivity index (χ2v) is 11.1. The van der Waals surface area contributed by atoms with E-state index in [4.69, 9.17) is 34.7 Å². The lowest BCUT2D eigenvalue weighted by Gasteiger charge is -2.17. The van der Waals surface area contributed by atoms with Crippen molar-refractivity contribution < 1.29 is 14.2 Å². The van der Waals surface area contributed by atoms with Gasteiger partial charge in [0.25, 0.3) is 0 Å². The van der Waals surface area contributed by atoms with Gasteiger partial charge in [-0.15, -0.1) is 0 Å². The molecule has 0 bridgehead atoms. The quantitative estimate of drug-likeness (QED) is 0.149. The number of nitrogens with zero attached hydrogens (tertiary/aromatic N) is 5. The molecule has 0 spiro atoms. The molecule has 2 aromatic heterocycles. The molecule has 3 aromatic carbocycles. The largest absolute Gasteiger partial charge is 0.493 e. The lowest BCUT2D eigenvalue weighted by molar-refractivity contribution is 0.343. The molecule has 0 amide bonds. The molecule has 2 heterocycles. The van der Waals surface area contributed by atoms with Gasteiger partial charge in [0.2, 0.25) is 17.6 Å². The van der Waals surface area contributed by atoms with Crippen LogP contribution >= 0.6 is 0 Å². The molecule has 0 unspecified atom stereocenters. The van der Waals surface area contributed by atoms with Crippen molar-refractivity contribution in [3.8, 4) is 35.3 Å². The normalized spacial score (nSPS) is 12.7. The Labute approximate surface area is 267 Å². The van der Waals surface area contributed by atoms with Crippen LogP contribution in [0, 0.1) is 29.6 Å². The number of methoxy groups -OCH3 is 2. The van der Waals surface area contributed by atoms with Crippen LogP contribution in [0.15, 0.2) is 79.0 Å². The average molecular weight is 609 g/mol. The van der Waals surface area contributed by atoms with Gasteiger partial charge in [-0.3, -0.25) is 0 Å². The van der Waals surface area contributed by atoms with Gasteiger partial charge < -0.3 is 24.1 Å². The van der Waals surface area contributed by atoms with Crippen molar-refractivity contribution in [1.29, 1.82) is 10.5 Å². The van der Waals surface area contributed by atoms with Gasteiger partial charge >= 0.3 is 0 Å². The van der Waals surface area contributed by atoms with E-state index in [9.17, 15) is 0 Å². The molecule has 1 saturated carbocycles. The van der Waals surface area contributed by atoms with E-state index in [1.807, 2.05) is 36.4 Å². The molecule has 46 heavy (non-hydrogen) atoms. The van der Waals surface area contributed by atoms with E-state index in [0.29, 0.717) is 41.5 Å². The van der Waals surface area contributed by atoms with Crippen molar-refractivity contribution in [1.82, 2.24) is 14.5 Å². The minimum Gasteiger partial charge on any atom is -0.493 e. The number of fused-ring (bicyclic) bond motifs is 1. The zero-order chi connectivity index (χ0) is 32.0. The zero-order valence-electron chi connectivity index (χ0n) is 25.8. The fourth-order valence-electron chi connectivity index (χ4n) is 5.41. The van der Waals surface area contributed by atoms with Crippen molar-refractivity contribution in [3.63, 3.8) is 0 Å². The Morgan fingerprint density at radius 1 is 0.913 bits per heavy atom. The van der Waals surface area contributed by atoms with Crippen molar-refractivity contribution in [2.45, 2.75) is 32.2 Å². The smallest absolute Gasteiger partial charge is 0.249 e. The Kier molecular flexibility index (Phi) is 8.66. The van der Waals surface area contributed by atoms with E-state index in [1.54, 1.807) is 38.5 Å². The Bertz CT molecular complexity index is 2020. The second kappa shape index (κ2) is 13.3. The van der Waals surface area contributed by atoms with Gasteiger partial charge in [0.05, 0.1) is 26.4 Å². The van der Waals surface area contributed by atoms with Crippen molar-refractivity contribution in [2.24, 2.45) is 0 Å². The molecule has 1 N–H and O–H groups in total. The highest BCUT2D eigenvalue weighted by atomic mass is 16.5. The van der Waals surface area contributed by atoms with Crippen molar-refractivity contribution >= 4 is 34.8 Å². The summed E-state index contributed by atoms with van der Waals surface area (Å²) < 4.78 is 20.3. The molecule has 1 fully saturated rings. The first-order valence-corrected chi connectivity index (χ1v) is 14.9. The summed E-state index contributed by atoms with van der Waals surface area (Å²) >= 11 is 0. The first-order chi connectivity index (χ1) is 22.5. The lowest BCUT2D eigenvalue weighted by atomic mass is 10.1. The summed E-state index contributed by atoms with van der Waals surface area (Å²) in [5, 5.41) is 21.2. The molecule has 1 aliphatic carbocycles. The van der Waals surface area contributed by atoms with Crippen LogP contribution in [-0.4, -0.2) is 28.8 Å². The van der Waals surface area contributed by atoms with Crippen LogP contribution in [0.2, 0.25) is 0 Å². The molecular formula is C37H32N6O3. The van der Waals surface area contributed by atoms with Crippen LogP contribution in [0.25, 0.3) is 23.2 Å². The van der Waals surface area contributed by atoms with Gasteiger partial charge in [0, 0.05) is 30.6 Å². The van der Waals surface area contributed by atoms with E-state index < -0.39 is 0 Å². The number of rotatable bonds is 11. The maximum atomic E-state index is 9.04. The predicted molar refractivity (Wildman–Crippen MR) is 178 cm³/mol. The van der Waals surface area contributed by atoms with E-state index in [-0.39, 0.29) is 0 Å². The first-order valence-electron chi connectivity index (χ1n) is 14.9. The summed E-state index contributed by atoms with van der Waals surface area (Å²) in [6.45, 7) is 2.70. The number of hydrogen-bond acceptors (Lipinski definition) is 8. The summed E-state index contributed by atoms with van der Waals surface area (Å²) in [6.07, 6.45) is 10.6. The maximum Gasteiger partial charge on any atom is 0.249 e. The molecule has 0 saturated heterocycles. The maximum absolute atomic E-state index is 9.04. The number of nitrogens with one attached hydrogen (secondary N) is 1. The third kappa shape index (κ3) is 6.54. The van der Waals surface area contributed by atoms with Crippen LogP contribution in [0.3, 0.4) is 0 Å². The second-order valence-electron chi connectivity index (χ2n) is 11.1. The van der Waals surface area contributed by atoms with Crippen molar-refractivity contribution in [2.75, 3.05) is 19.5 Å². The number of nitriles is 2. The Morgan fingerprint density at radius 3 is 2.24 bits per heavy atom. The van der Waals surface area contributed by atoms with Crippen LogP contribution in [0.1, 0.15) is 46.6 Å². The minimum absolute atomic E-state index is 0.345. The molecule has 0 atom stereocenters. The Hall–Kier alpha value is -6.06. The molecule has 0 aliphatic heterocycles. The SMILES string of the molecule is COc1cc(/C=C/C#N)cc(OC)c1Oc1nc(Nc2ccc(/C=C/C#N)cc2)nc2c(C3CC3)cn(Cc3cccc(C)c3)c12. The van der Waals surface area contributed by atoms with E-state index in [0.717, 1.165) is 51.8 Å². The third-order valence-electron chi connectivity index (χ3n) is 7.71. The van der Waals surface area contributed by atoms with E-state index in [2.05, 4.69) is 47.3 Å². The third-order valence-corrected chi connectivity index (χ3v) is 7.71. The zero-order valence-corrected chi connectivity index (χ0v) is 25.8. The highest BCUT2D eigenvalue weighted by Crippen LogP contribution is 2.47. The number of aryl methyl sites for hydroxylation is 1. The van der Waals surface area contributed by atoms with Crippen LogP contribution in [0.4, 0.5) is 11.6 Å². The lowest BCUT2D eigenvalue weighted by Crippen LogP contribution is -2.05. The highest BCUT2D eigenvalue weighted by molar-refractivity contribution is 5.87. The molecule has 1 aliphatic rings. The standard InChI is InChI=1S/C37H32N6O3/c1-24-7-4-8-27(19-24)22-43-23-30(28-13-14-28)33-34(43)36(42-37(41-33)40-29-15-11-25(12-16-29)9-5-17-38)46-35-31(44-2)20-26(10-6-18-39)21-32(35)45-3/h4-12,15-16,19-21,23,28H,13-14,22H2,1-3H3,(H,40,41,42)/b9-5+,10-6+. The average Bonchev–Trinajstić information content (AvgIpc) is 3.85. The number of allylic oxidation sites excluding steroid dienone is 2. The number of ether oxygens (including phenoxy) is 3. The molecule has 9 heteroatoms. The molecule has 228 valence electrons. The molecule has 5 aromatic rings. The minimum atomic E-state index is 0.345. The summed E-state index contributed by atoms with van der Waals surface area (Å²) in [6, 6.07) is 23.7. The van der Waals surface area contributed by atoms with Gasteiger partial charge in [0.15, 0.2) is 11.5 Å². The molecule has 6 rings (SSSR count). The summed E-state index contributed by atoms with van der Waals surface area (Å²) in [5.41, 5.74) is 7.51. The van der Waals surface area contributed by atoms with Gasteiger partial charge in [-0.1, -0.05) is 42.0 Å². The van der Waals surface area contributed by atoms with Crippen LogP contribution in [0.5, 0.6) is 23.1 Å². The Balaban J connectivity index is 1.50. The molecule has 9 nitrogen and oxygen atoms in total. The predicted octanol–water partition coefficient (Wildman–Crippen LogP) is 8.29. The number of aromatic nitrogens is 3. The number of benzene rings is 3. The summed E-state index contributed by atoms with van der Waals surface area (Å²) in [4.78, 5) is 9.95. The fraction of sp³-hybridized carbons (Fsp3) is 0.189. The van der Waals surface area contributed by atoms with Gasteiger partial charge in [-0.2, -0.15) is 15.5 Å². The van der Waals surface area contributed by atoms with Gasteiger partial charge in [0.1, 0.15) is 11.0 Å². The summed E-state index contributed by atoms with van der Waals surface area (Å²) in [5.74, 6) is 2.35. The van der Waals surface area contributed by atoms with E-state index in [1.165, 1.54) is 17.7 Å². The number of anilines is 2. The highest BCUT2D eigenvalue weighted by Gasteiger charge is 2.31. The first kappa shape index (κ1) is 30.0. The van der Waals surface area contributed by atoms with Crippen LogP contribution < -0.4 is 19.5 Å².